The predicted octanol–water partition coefficient (Wildman–Crippen LogP) is 18.3. The molecule has 6 aromatic heterocycles. The molecule has 136 heavy (non-hydrogen) atoms. The summed E-state index contributed by atoms with van der Waals surface area (Å²) in [4.78, 5) is 73.4. The predicted molar refractivity (Wildman–Crippen MR) is 539 cm³/mol. The molecule has 0 aliphatic carbocycles. The number of carbonyl (C=O) groups excluding carboxylic acids is 3. The second-order valence-electron chi connectivity index (χ2n) is 38.3. The summed E-state index contributed by atoms with van der Waals surface area (Å²) in [5.74, 6) is -2.27. The standard InChI is InChI=1S/2C33H40ClN7O2.C32H38ClN7O2.C4H9F3Si/c2*1-23(42)33(25-8-10-26(34)11-9-25)16-21-40(22-17-33)29-5-4-18-41-30(29)36-32(37-41)35-27-12-6-24(7-13-27)31(43)39(3)28-14-19-38(2)20-15-28;1-37-19-14-27(15-20-37)38(2)30(41)23-6-12-26(13-7-23)34-31-35-29-28(5-4-18-40(29)36-31)39-21-16-32(42-3,17-22-39)24-8-10-25(33)11-9-24;1-8(2,3)4(5,6)7/h2*4-13,18,23,28,42H,14-17,19-22H2,1-3H3,(H,35,37);4-13,18,27H,14-17,19-22H2,1-3H3,(H,34,36);1-3H3. The molecule has 2 unspecified atom stereocenters. The summed E-state index contributed by atoms with van der Waals surface area (Å²) in [5.41, 5.74) is 12.3. The first kappa shape index (κ1) is 99.5. The first-order valence-corrected chi connectivity index (χ1v) is 51.8. The minimum Gasteiger partial charge on any atom is -0.392 e. The van der Waals surface area contributed by atoms with Gasteiger partial charge in [0.1, 0.15) is 0 Å². The molecule has 3 amide bonds. The van der Waals surface area contributed by atoms with E-state index in [0.29, 0.717) is 44.6 Å². The number of hydrogen-bond donors (Lipinski definition) is 5. The average molecular weight is 1930 g/mol. The summed E-state index contributed by atoms with van der Waals surface area (Å²) < 4.78 is 46.3. The number of fused-ring (bicyclic) bond motifs is 3. The molecule has 6 aromatic carbocycles. The Balaban J connectivity index is 0.000000149. The molecule has 6 aliphatic heterocycles. The van der Waals surface area contributed by atoms with E-state index in [1.165, 1.54) is 19.6 Å². The lowest BCUT2D eigenvalue weighted by atomic mass is 9.69. The average Bonchev–Trinajstić information content (AvgIpc) is 1.43. The number of aliphatic hydroxyl groups excluding tert-OH is 2. The van der Waals surface area contributed by atoms with Gasteiger partial charge in [0, 0.05) is 164 Å². The van der Waals surface area contributed by atoms with Gasteiger partial charge in [0.2, 0.25) is 17.8 Å². The smallest absolute Gasteiger partial charge is 0.360 e. The number of nitrogens with one attached hydrogen (secondary N) is 3. The fourth-order valence-electron chi connectivity index (χ4n) is 19.5. The van der Waals surface area contributed by atoms with Crippen LogP contribution in [0.1, 0.15) is 139 Å². The van der Waals surface area contributed by atoms with E-state index in [1.54, 1.807) is 16.1 Å². The summed E-state index contributed by atoms with van der Waals surface area (Å²) >= 11 is 18.4. The zero-order valence-corrected chi connectivity index (χ0v) is 83.0. The molecule has 6 aliphatic rings. The maximum atomic E-state index is 13.1. The second-order valence-corrected chi connectivity index (χ2v) is 44.7. The monoisotopic (exact) mass is 1930 g/mol. The van der Waals surface area contributed by atoms with Crippen molar-refractivity contribution in [1.82, 2.24) is 73.2 Å². The SMILES string of the molecule is CC(O)C1(c2ccc(Cl)cc2)CCN(c2cccn3nc(Nc4ccc(C(=O)N(C)C5CCN(C)CC5)cc4)nc23)CC1.CC(O)C1(c2ccc(Cl)cc2)CCN(c2cccn3nc(Nc4ccc(C(=O)N(C)C5CCN(C)CC5)cc4)nc23)CC1.COC1(c2ccc(Cl)cc2)CCN(c2cccn3nc(Nc4ccc(C(=O)N(C)C5CCN(C)CC5)cc4)nc23)CC1.C[Si](C)(C)C(F)(F)F. The van der Waals surface area contributed by atoms with Crippen molar-refractivity contribution < 1.29 is 42.5 Å². The maximum absolute atomic E-state index is 13.1. The van der Waals surface area contributed by atoms with Crippen molar-refractivity contribution in [3.8, 4) is 0 Å². The molecule has 0 spiro atoms. The topological polar surface area (TPSA) is 257 Å². The molecule has 34 heteroatoms. The highest BCUT2D eigenvalue weighted by atomic mass is 35.5. The van der Waals surface area contributed by atoms with Crippen LogP contribution in [-0.2, 0) is 21.2 Å². The van der Waals surface area contributed by atoms with Gasteiger partial charge >= 0.3 is 5.80 Å². The minimum absolute atomic E-state index is 0.0498. The molecule has 2 atom stereocenters. The number of anilines is 9. The van der Waals surface area contributed by atoms with E-state index in [-0.39, 0.29) is 52.3 Å². The van der Waals surface area contributed by atoms with Crippen LogP contribution < -0.4 is 30.7 Å². The zero-order valence-electron chi connectivity index (χ0n) is 79.8. The Morgan fingerprint density at radius 2 is 0.662 bits per heavy atom. The summed E-state index contributed by atoms with van der Waals surface area (Å²) in [5, 5.41) is 47.8. The van der Waals surface area contributed by atoms with Crippen LogP contribution in [0.15, 0.2) is 201 Å². The fraction of sp³-hybridized carbons (Fsp3) is 0.441. The molecular weight excluding hydrogens is 1810 g/mol. The molecule has 12 aromatic rings. The maximum Gasteiger partial charge on any atom is 0.360 e. The third-order valence-electron chi connectivity index (χ3n) is 28.8. The number of alkyl halides is 3. The van der Waals surface area contributed by atoms with Gasteiger partial charge in [-0.15, -0.1) is 15.3 Å². The molecular formula is C102H127Cl3F3N21O6Si. The Bertz CT molecular complexity index is 5750. The first-order chi connectivity index (χ1) is 65.1. The van der Waals surface area contributed by atoms with E-state index in [1.807, 2.05) is 224 Å². The Morgan fingerprint density at radius 3 is 0.904 bits per heavy atom. The minimum atomic E-state index is -3.92. The van der Waals surface area contributed by atoms with E-state index in [4.69, 9.17) is 54.5 Å². The van der Waals surface area contributed by atoms with Gasteiger partial charge in [-0.05, 0) is 314 Å². The molecule has 12 heterocycles. The summed E-state index contributed by atoms with van der Waals surface area (Å²) in [6, 6.07) is 59.4. The van der Waals surface area contributed by atoms with Crippen LogP contribution in [0, 0.1) is 0 Å². The number of rotatable bonds is 21. The number of aliphatic hydroxyl groups is 2. The molecule has 6 fully saturated rings. The van der Waals surface area contributed by atoms with Crippen molar-refractivity contribution in [2.24, 2.45) is 0 Å². The van der Waals surface area contributed by atoms with Crippen LogP contribution in [0.3, 0.4) is 0 Å². The van der Waals surface area contributed by atoms with E-state index in [0.717, 1.165) is 228 Å². The molecule has 27 nitrogen and oxygen atoms in total. The number of hydrogen-bond acceptors (Lipinski definition) is 21. The molecule has 0 saturated carbocycles. The van der Waals surface area contributed by atoms with E-state index in [2.05, 4.69) is 112 Å². The first-order valence-electron chi connectivity index (χ1n) is 47.1. The van der Waals surface area contributed by atoms with Crippen molar-refractivity contribution in [3.63, 3.8) is 0 Å². The van der Waals surface area contributed by atoms with Gasteiger partial charge in [-0.2, -0.15) is 28.1 Å². The molecule has 6 saturated heterocycles. The number of aromatic nitrogens is 9. The molecule has 0 radical (unpaired) electrons. The molecule has 5 N–H and O–H groups in total. The van der Waals surface area contributed by atoms with Gasteiger partial charge in [0.05, 0.1) is 34.9 Å². The van der Waals surface area contributed by atoms with Crippen LogP contribution in [0.25, 0.3) is 16.9 Å². The highest BCUT2D eigenvalue weighted by Crippen LogP contribution is 2.45. The summed E-state index contributed by atoms with van der Waals surface area (Å²) in [7, 11) is 11.0. The Morgan fingerprint density at radius 1 is 0.412 bits per heavy atom. The number of nitrogens with zero attached hydrogens (tertiary/aromatic N) is 18. The fourth-order valence-corrected chi connectivity index (χ4v) is 19.9. The van der Waals surface area contributed by atoms with Gasteiger partial charge in [0.15, 0.2) is 25.0 Å². The lowest BCUT2D eigenvalue weighted by Crippen LogP contribution is -2.48. The van der Waals surface area contributed by atoms with Crippen LogP contribution >= 0.6 is 34.8 Å². The van der Waals surface area contributed by atoms with E-state index >= 15 is 0 Å². The van der Waals surface area contributed by atoms with Crippen LogP contribution in [-0.4, -0.2) is 273 Å². The lowest BCUT2D eigenvalue weighted by Gasteiger charge is -2.45. The molecule has 0 bridgehead atoms. The van der Waals surface area contributed by atoms with Crippen molar-refractivity contribution in [3.05, 3.63) is 249 Å². The van der Waals surface area contributed by atoms with Crippen LogP contribution in [0.2, 0.25) is 34.7 Å². The Kier molecular flexibility index (Phi) is 31.4. The largest absolute Gasteiger partial charge is 0.392 e. The zero-order chi connectivity index (χ0) is 96.5. The number of amides is 3. The van der Waals surface area contributed by atoms with E-state index in [9.17, 15) is 37.8 Å². The van der Waals surface area contributed by atoms with Crippen molar-refractivity contribution >= 4 is 130 Å². The second kappa shape index (κ2) is 43.0. The van der Waals surface area contributed by atoms with Gasteiger partial charge in [0.25, 0.3) is 17.7 Å². The van der Waals surface area contributed by atoms with Gasteiger partial charge in [-0.1, -0.05) is 90.8 Å². The third-order valence-corrected chi connectivity index (χ3v) is 31.3. The summed E-state index contributed by atoms with van der Waals surface area (Å²) in [6.07, 6.45) is 15.7. The van der Waals surface area contributed by atoms with Crippen molar-refractivity contribution in [2.75, 3.05) is 159 Å². The van der Waals surface area contributed by atoms with Crippen molar-refractivity contribution in [2.45, 2.75) is 163 Å². The number of methoxy groups -OCH3 is 1. The number of pyridine rings is 3. The number of benzene rings is 6. The van der Waals surface area contributed by atoms with Gasteiger partial charge in [-0.25, -0.2) is 13.5 Å². The van der Waals surface area contributed by atoms with Crippen LogP contribution in [0.4, 0.5) is 65.1 Å². The number of carbonyl (C=O) groups is 3. The number of likely N-dealkylation sites (tertiary alicyclic amines) is 3. The Labute approximate surface area is 810 Å². The molecule has 722 valence electrons. The highest BCUT2D eigenvalue weighted by molar-refractivity contribution is 6.78. The number of ether oxygens (including phenoxy) is 1. The normalized spacial score (nSPS) is 18.0. The van der Waals surface area contributed by atoms with Crippen molar-refractivity contribution in [1.29, 1.82) is 0 Å². The number of halogens is 6. The van der Waals surface area contributed by atoms with Crippen LogP contribution in [0.5, 0.6) is 0 Å². The highest BCUT2D eigenvalue weighted by Gasteiger charge is 2.46. The van der Waals surface area contributed by atoms with Gasteiger partial charge < -0.3 is 75.0 Å². The van der Waals surface area contributed by atoms with E-state index < -0.39 is 26.1 Å². The van der Waals surface area contributed by atoms with Gasteiger partial charge in [-0.3, -0.25) is 14.4 Å². The number of piperidine rings is 6. The lowest BCUT2D eigenvalue weighted by molar-refractivity contribution is -0.0553. The Hall–Kier alpha value is -11.0. The summed E-state index contributed by atoms with van der Waals surface area (Å²) in [6.45, 7) is 18.5. The third kappa shape index (κ3) is 22.9. The molecule has 18 rings (SSSR count). The quantitative estimate of drug-likeness (QED) is 0.0419.